The predicted octanol–water partition coefficient (Wildman–Crippen LogP) is 0.903. The molecule has 0 fully saturated rings. The number of ether oxygens (including phenoxy) is 2. The van der Waals surface area contributed by atoms with Gasteiger partial charge >= 0.3 is 0 Å². The molecule has 0 saturated heterocycles. The van der Waals surface area contributed by atoms with Crippen molar-refractivity contribution in [2.24, 2.45) is 11.5 Å². The van der Waals surface area contributed by atoms with Gasteiger partial charge in [-0.15, -0.1) is 0 Å². The molecule has 0 aliphatic carbocycles. The van der Waals surface area contributed by atoms with E-state index in [0.29, 0.717) is 13.1 Å². The van der Waals surface area contributed by atoms with Crippen LogP contribution in [0.3, 0.4) is 0 Å². The zero-order valence-electron chi connectivity index (χ0n) is 10.4. The van der Waals surface area contributed by atoms with Crippen molar-refractivity contribution in [3.05, 3.63) is 28.8 Å². The lowest BCUT2D eigenvalue weighted by Gasteiger charge is -2.33. The van der Waals surface area contributed by atoms with Gasteiger partial charge in [-0.1, -0.05) is 6.07 Å². The topological polar surface area (TPSA) is 70.5 Å². The van der Waals surface area contributed by atoms with Crippen molar-refractivity contribution in [3.63, 3.8) is 0 Å². The van der Waals surface area contributed by atoms with Gasteiger partial charge in [-0.3, -0.25) is 0 Å². The molecule has 0 radical (unpaired) electrons. The van der Waals surface area contributed by atoms with E-state index in [-0.39, 0.29) is 12.2 Å². The Morgan fingerprint density at radius 2 is 2.12 bits per heavy atom. The first kappa shape index (κ1) is 12.4. The molecule has 94 valence electrons. The van der Waals surface area contributed by atoms with Crippen molar-refractivity contribution in [2.45, 2.75) is 25.6 Å². The third kappa shape index (κ3) is 2.16. The SMILES string of the molecule is COc1ccc(C)c2c1CC(CN)OC2CN. The van der Waals surface area contributed by atoms with Crippen LogP contribution in [-0.2, 0) is 11.2 Å². The Bertz CT molecular complexity index is 407. The molecule has 0 spiro atoms. The number of hydrogen-bond donors (Lipinski definition) is 2. The van der Waals surface area contributed by atoms with Crippen LogP contribution in [-0.4, -0.2) is 26.3 Å². The summed E-state index contributed by atoms with van der Waals surface area (Å²) < 4.78 is 11.3. The summed E-state index contributed by atoms with van der Waals surface area (Å²) in [5.74, 6) is 0.908. The number of nitrogens with two attached hydrogens (primary N) is 2. The predicted molar refractivity (Wildman–Crippen MR) is 67.2 cm³/mol. The Hall–Kier alpha value is -1.10. The first-order valence-corrected chi connectivity index (χ1v) is 5.93. The molecule has 1 aliphatic heterocycles. The van der Waals surface area contributed by atoms with Crippen molar-refractivity contribution in [1.82, 2.24) is 0 Å². The molecule has 2 atom stereocenters. The van der Waals surface area contributed by atoms with Gasteiger partial charge in [0, 0.05) is 25.1 Å². The maximum absolute atomic E-state index is 5.89. The van der Waals surface area contributed by atoms with Crippen LogP contribution in [0.4, 0.5) is 0 Å². The van der Waals surface area contributed by atoms with Crippen LogP contribution in [0.15, 0.2) is 12.1 Å². The maximum atomic E-state index is 5.89. The van der Waals surface area contributed by atoms with Gasteiger partial charge < -0.3 is 20.9 Å². The van der Waals surface area contributed by atoms with Crippen LogP contribution in [0.2, 0.25) is 0 Å². The molecule has 2 unspecified atom stereocenters. The van der Waals surface area contributed by atoms with E-state index in [1.54, 1.807) is 7.11 Å². The zero-order chi connectivity index (χ0) is 12.4. The quantitative estimate of drug-likeness (QED) is 0.818. The highest BCUT2D eigenvalue weighted by atomic mass is 16.5. The second kappa shape index (κ2) is 5.04. The van der Waals surface area contributed by atoms with Crippen LogP contribution < -0.4 is 16.2 Å². The van der Waals surface area contributed by atoms with Crippen LogP contribution in [0, 0.1) is 6.92 Å². The fourth-order valence-corrected chi connectivity index (χ4v) is 2.50. The molecule has 17 heavy (non-hydrogen) atoms. The monoisotopic (exact) mass is 236 g/mol. The second-order valence-corrected chi connectivity index (χ2v) is 4.40. The Labute approximate surface area is 102 Å². The van der Waals surface area contributed by atoms with E-state index in [4.69, 9.17) is 20.9 Å². The summed E-state index contributed by atoms with van der Waals surface area (Å²) in [5, 5.41) is 0. The summed E-state index contributed by atoms with van der Waals surface area (Å²) in [7, 11) is 1.69. The first-order valence-electron chi connectivity index (χ1n) is 5.93. The van der Waals surface area contributed by atoms with E-state index in [0.717, 1.165) is 12.2 Å². The Kier molecular flexibility index (Phi) is 3.66. The molecule has 0 aromatic heterocycles. The van der Waals surface area contributed by atoms with E-state index >= 15 is 0 Å². The van der Waals surface area contributed by atoms with Crippen LogP contribution in [0.5, 0.6) is 5.75 Å². The molecule has 2 rings (SSSR count). The number of rotatable bonds is 3. The smallest absolute Gasteiger partial charge is 0.122 e. The van der Waals surface area contributed by atoms with E-state index in [1.807, 2.05) is 12.1 Å². The molecular weight excluding hydrogens is 216 g/mol. The molecule has 1 aromatic rings. The highest BCUT2D eigenvalue weighted by Gasteiger charge is 2.29. The van der Waals surface area contributed by atoms with Crippen LogP contribution in [0.25, 0.3) is 0 Å². The lowest BCUT2D eigenvalue weighted by Crippen LogP contribution is -2.35. The van der Waals surface area contributed by atoms with Crippen molar-refractivity contribution < 1.29 is 9.47 Å². The van der Waals surface area contributed by atoms with Crippen molar-refractivity contribution in [2.75, 3.05) is 20.2 Å². The molecule has 0 bridgehead atoms. The van der Waals surface area contributed by atoms with Crippen molar-refractivity contribution in [1.29, 1.82) is 0 Å². The standard InChI is InChI=1S/C13H20N2O2/c1-8-3-4-11(16-2)10-5-9(6-14)17-12(7-15)13(8)10/h3-4,9,12H,5-7,14-15H2,1-2H3. The zero-order valence-corrected chi connectivity index (χ0v) is 10.4. The minimum Gasteiger partial charge on any atom is -0.496 e. The number of hydrogen-bond acceptors (Lipinski definition) is 4. The van der Waals surface area contributed by atoms with E-state index in [9.17, 15) is 0 Å². The van der Waals surface area contributed by atoms with Gasteiger partial charge in [0.15, 0.2) is 0 Å². The lowest BCUT2D eigenvalue weighted by molar-refractivity contribution is -0.0163. The average molecular weight is 236 g/mol. The summed E-state index contributed by atoms with van der Waals surface area (Å²) in [5.41, 5.74) is 15.1. The minimum absolute atomic E-state index is 0.0340. The third-order valence-electron chi connectivity index (χ3n) is 3.34. The largest absolute Gasteiger partial charge is 0.496 e. The van der Waals surface area contributed by atoms with Crippen LogP contribution in [0.1, 0.15) is 22.8 Å². The molecule has 4 N–H and O–H groups in total. The van der Waals surface area contributed by atoms with Crippen LogP contribution >= 0.6 is 0 Å². The van der Waals surface area contributed by atoms with Gasteiger partial charge in [0.1, 0.15) is 5.75 Å². The average Bonchev–Trinajstić information content (AvgIpc) is 2.37. The molecule has 1 aliphatic rings. The first-order chi connectivity index (χ1) is 8.21. The summed E-state index contributed by atoms with van der Waals surface area (Å²) in [6.07, 6.45) is 0.766. The minimum atomic E-state index is -0.0672. The van der Waals surface area contributed by atoms with Gasteiger partial charge in [-0.2, -0.15) is 0 Å². The Morgan fingerprint density at radius 1 is 1.35 bits per heavy atom. The van der Waals surface area contributed by atoms with Gasteiger partial charge in [0.2, 0.25) is 0 Å². The van der Waals surface area contributed by atoms with Gasteiger partial charge in [0.25, 0.3) is 0 Å². The van der Waals surface area contributed by atoms with Crippen molar-refractivity contribution in [3.8, 4) is 5.75 Å². The fraction of sp³-hybridized carbons (Fsp3) is 0.538. The number of methoxy groups -OCH3 is 1. The fourth-order valence-electron chi connectivity index (χ4n) is 2.50. The molecule has 4 nitrogen and oxygen atoms in total. The lowest BCUT2D eigenvalue weighted by atomic mass is 9.89. The molecule has 1 aromatic carbocycles. The maximum Gasteiger partial charge on any atom is 0.122 e. The van der Waals surface area contributed by atoms with E-state index in [2.05, 4.69) is 6.92 Å². The third-order valence-corrected chi connectivity index (χ3v) is 3.34. The highest BCUT2D eigenvalue weighted by Crippen LogP contribution is 2.37. The van der Waals surface area contributed by atoms with Crippen molar-refractivity contribution >= 4 is 0 Å². The summed E-state index contributed by atoms with van der Waals surface area (Å²) in [6.45, 7) is 3.05. The molecule has 0 amide bonds. The number of fused-ring (bicyclic) bond motifs is 1. The second-order valence-electron chi connectivity index (χ2n) is 4.40. The van der Waals surface area contributed by atoms with Gasteiger partial charge in [-0.25, -0.2) is 0 Å². The highest BCUT2D eigenvalue weighted by molar-refractivity contribution is 5.47. The summed E-state index contributed by atoms with van der Waals surface area (Å²) in [6, 6.07) is 4.05. The Balaban J connectivity index is 2.50. The normalized spacial score (nSPS) is 23.3. The molecule has 1 heterocycles. The summed E-state index contributed by atoms with van der Waals surface area (Å²) >= 11 is 0. The number of aryl methyl sites for hydroxylation is 1. The van der Waals surface area contributed by atoms with Gasteiger partial charge in [0.05, 0.1) is 19.3 Å². The Morgan fingerprint density at radius 3 is 2.71 bits per heavy atom. The molecule has 0 saturated carbocycles. The van der Waals surface area contributed by atoms with E-state index < -0.39 is 0 Å². The number of benzene rings is 1. The van der Waals surface area contributed by atoms with Gasteiger partial charge in [-0.05, 0) is 24.1 Å². The summed E-state index contributed by atoms with van der Waals surface area (Å²) in [4.78, 5) is 0. The molecule has 4 heteroatoms. The molecular formula is C13H20N2O2. The van der Waals surface area contributed by atoms with E-state index in [1.165, 1.54) is 16.7 Å².